The molecule has 1 heterocycles. The Labute approximate surface area is 83.6 Å². The fourth-order valence-electron chi connectivity index (χ4n) is 1.36. The zero-order chi connectivity index (χ0) is 10.3. The lowest BCUT2D eigenvalue weighted by Gasteiger charge is -1.95. The van der Waals surface area contributed by atoms with Crippen LogP contribution in [0, 0.1) is 17.0 Å². The van der Waals surface area contributed by atoms with E-state index in [1.54, 1.807) is 6.07 Å². The molecule has 5 heteroatoms. The molecule has 0 atom stereocenters. The van der Waals surface area contributed by atoms with Crippen LogP contribution in [-0.4, -0.2) is 10.0 Å². The molecule has 0 saturated carbocycles. The molecular formula is C9H7NO3S. The SMILES string of the molecule is Cc1cc(O)c2sc([N+](=O)[O-])cc2c1. The minimum absolute atomic E-state index is 0.0564. The highest BCUT2D eigenvalue weighted by Gasteiger charge is 2.13. The Morgan fingerprint density at radius 3 is 2.79 bits per heavy atom. The van der Waals surface area contributed by atoms with Crippen LogP contribution >= 0.6 is 11.3 Å². The summed E-state index contributed by atoms with van der Waals surface area (Å²) in [5.74, 6) is 0.109. The second-order valence-corrected chi connectivity index (χ2v) is 4.07. The third-order valence-electron chi connectivity index (χ3n) is 1.91. The van der Waals surface area contributed by atoms with Crippen LogP contribution in [0.4, 0.5) is 5.00 Å². The molecule has 0 aliphatic carbocycles. The van der Waals surface area contributed by atoms with Gasteiger partial charge in [0.1, 0.15) is 5.75 Å². The van der Waals surface area contributed by atoms with Crippen LogP contribution in [0.1, 0.15) is 5.56 Å². The highest BCUT2D eigenvalue weighted by molar-refractivity contribution is 7.22. The molecule has 14 heavy (non-hydrogen) atoms. The molecule has 0 aliphatic rings. The summed E-state index contributed by atoms with van der Waals surface area (Å²) in [6.07, 6.45) is 0. The van der Waals surface area contributed by atoms with Gasteiger partial charge in [-0.25, -0.2) is 0 Å². The highest BCUT2D eigenvalue weighted by Crippen LogP contribution is 2.37. The maximum Gasteiger partial charge on any atom is 0.325 e. The van der Waals surface area contributed by atoms with Gasteiger partial charge >= 0.3 is 5.00 Å². The molecule has 72 valence electrons. The number of aromatic hydroxyl groups is 1. The van der Waals surface area contributed by atoms with Crippen LogP contribution in [0.5, 0.6) is 5.75 Å². The first kappa shape index (κ1) is 8.96. The number of phenols is 1. The van der Waals surface area contributed by atoms with E-state index in [0.29, 0.717) is 4.70 Å². The standard InChI is InChI=1S/C9H7NO3S/c1-5-2-6-4-8(10(12)13)14-9(6)7(11)3-5/h2-4,11H,1H3. The quantitative estimate of drug-likeness (QED) is 0.580. The number of benzene rings is 1. The van der Waals surface area contributed by atoms with Crippen molar-refractivity contribution in [2.45, 2.75) is 6.92 Å². The van der Waals surface area contributed by atoms with Gasteiger partial charge in [0.25, 0.3) is 0 Å². The molecule has 0 spiro atoms. The fraction of sp³-hybridized carbons (Fsp3) is 0.111. The highest BCUT2D eigenvalue weighted by atomic mass is 32.1. The van der Waals surface area contributed by atoms with E-state index < -0.39 is 4.92 Å². The summed E-state index contributed by atoms with van der Waals surface area (Å²) < 4.78 is 0.572. The second kappa shape index (κ2) is 2.95. The average molecular weight is 209 g/mol. The summed E-state index contributed by atoms with van der Waals surface area (Å²) >= 11 is 0.992. The molecule has 0 radical (unpaired) electrons. The van der Waals surface area contributed by atoms with Gasteiger partial charge in [-0.05, 0) is 18.6 Å². The van der Waals surface area contributed by atoms with E-state index in [4.69, 9.17) is 0 Å². The molecule has 2 aromatic rings. The number of nitrogens with zero attached hydrogens (tertiary/aromatic N) is 1. The first-order valence-electron chi connectivity index (χ1n) is 3.95. The molecule has 0 aliphatic heterocycles. The van der Waals surface area contributed by atoms with Crippen LogP contribution in [0.15, 0.2) is 18.2 Å². The van der Waals surface area contributed by atoms with Crippen LogP contribution in [0.25, 0.3) is 10.1 Å². The Bertz CT molecular complexity index is 518. The van der Waals surface area contributed by atoms with Crippen LogP contribution in [0.3, 0.4) is 0 Å². The zero-order valence-electron chi connectivity index (χ0n) is 7.35. The zero-order valence-corrected chi connectivity index (χ0v) is 8.17. The summed E-state index contributed by atoms with van der Waals surface area (Å²) in [6, 6.07) is 4.90. The smallest absolute Gasteiger partial charge is 0.325 e. The summed E-state index contributed by atoms with van der Waals surface area (Å²) in [7, 11) is 0. The lowest BCUT2D eigenvalue weighted by Crippen LogP contribution is -1.80. The predicted molar refractivity (Wildman–Crippen MR) is 54.9 cm³/mol. The van der Waals surface area contributed by atoms with Crippen LogP contribution in [-0.2, 0) is 0 Å². The third kappa shape index (κ3) is 1.31. The van der Waals surface area contributed by atoms with Crippen molar-refractivity contribution in [3.8, 4) is 5.75 Å². The summed E-state index contributed by atoms with van der Waals surface area (Å²) in [4.78, 5) is 10.1. The Hall–Kier alpha value is -1.62. The van der Waals surface area contributed by atoms with Gasteiger partial charge in [0.15, 0.2) is 0 Å². The Balaban J connectivity index is 2.76. The molecule has 0 saturated heterocycles. The monoisotopic (exact) mass is 209 g/mol. The topological polar surface area (TPSA) is 63.4 Å². The number of thiophene rings is 1. The van der Waals surface area contributed by atoms with Gasteiger partial charge in [-0.15, -0.1) is 0 Å². The summed E-state index contributed by atoms with van der Waals surface area (Å²) in [5.41, 5.74) is 0.891. The minimum atomic E-state index is -0.445. The van der Waals surface area contributed by atoms with Crippen molar-refractivity contribution >= 4 is 26.4 Å². The van der Waals surface area contributed by atoms with E-state index in [0.717, 1.165) is 22.3 Å². The number of phenolic OH excluding ortho intramolecular Hbond substituents is 1. The van der Waals surface area contributed by atoms with Crippen molar-refractivity contribution < 1.29 is 10.0 Å². The third-order valence-corrected chi connectivity index (χ3v) is 3.03. The first-order valence-corrected chi connectivity index (χ1v) is 4.77. The molecule has 2 rings (SSSR count). The number of aryl methyl sites for hydroxylation is 1. The Morgan fingerprint density at radius 2 is 2.14 bits per heavy atom. The molecule has 0 fully saturated rings. The van der Waals surface area contributed by atoms with Crippen LogP contribution < -0.4 is 0 Å². The number of rotatable bonds is 1. The molecule has 1 N–H and O–H groups in total. The van der Waals surface area contributed by atoms with Gasteiger partial charge in [0.2, 0.25) is 0 Å². The van der Waals surface area contributed by atoms with E-state index >= 15 is 0 Å². The van der Waals surface area contributed by atoms with Crippen molar-refractivity contribution in [2.75, 3.05) is 0 Å². The Morgan fingerprint density at radius 1 is 1.43 bits per heavy atom. The van der Waals surface area contributed by atoms with Crippen molar-refractivity contribution in [3.63, 3.8) is 0 Å². The van der Waals surface area contributed by atoms with Gasteiger partial charge < -0.3 is 5.11 Å². The molecule has 4 nitrogen and oxygen atoms in total. The lowest BCUT2D eigenvalue weighted by molar-refractivity contribution is -0.380. The summed E-state index contributed by atoms with van der Waals surface area (Å²) in [5, 5.41) is 20.8. The summed E-state index contributed by atoms with van der Waals surface area (Å²) in [6.45, 7) is 1.84. The Kier molecular flexibility index (Phi) is 1.89. The fourth-order valence-corrected chi connectivity index (χ4v) is 2.23. The predicted octanol–water partition coefficient (Wildman–Crippen LogP) is 2.82. The van der Waals surface area contributed by atoms with Gasteiger partial charge in [-0.2, -0.15) is 0 Å². The number of nitro groups is 1. The van der Waals surface area contributed by atoms with Crippen molar-refractivity contribution in [1.29, 1.82) is 0 Å². The van der Waals surface area contributed by atoms with Gasteiger partial charge in [0.05, 0.1) is 9.62 Å². The molecule has 0 unspecified atom stereocenters. The normalized spacial score (nSPS) is 10.6. The molecular weight excluding hydrogens is 202 g/mol. The van der Waals surface area contributed by atoms with Crippen molar-refractivity contribution in [3.05, 3.63) is 33.9 Å². The van der Waals surface area contributed by atoms with E-state index in [1.165, 1.54) is 6.07 Å². The number of hydrogen-bond acceptors (Lipinski definition) is 4. The maximum absolute atomic E-state index is 10.5. The van der Waals surface area contributed by atoms with Gasteiger partial charge in [-0.3, -0.25) is 10.1 Å². The van der Waals surface area contributed by atoms with E-state index in [1.807, 2.05) is 13.0 Å². The lowest BCUT2D eigenvalue weighted by atomic mass is 10.2. The first-order chi connectivity index (χ1) is 6.58. The van der Waals surface area contributed by atoms with Gasteiger partial charge in [-0.1, -0.05) is 17.4 Å². The molecule has 0 bridgehead atoms. The molecule has 1 aromatic heterocycles. The average Bonchev–Trinajstić information content (AvgIpc) is 2.47. The largest absolute Gasteiger partial charge is 0.506 e. The number of hydrogen-bond donors (Lipinski definition) is 1. The molecule has 0 amide bonds. The van der Waals surface area contributed by atoms with Crippen molar-refractivity contribution in [2.24, 2.45) is 0 Å². The van der Waals surface area contributed by atoms with E-state index in [2.05, 4.69) is 0 Å². The maximum atomic E-state index is 10.5. The van der Waals surface area contributed by atoms with E-state index in [9.17, 15) is 15.2 Å². The molecule has 1 aromatic carbocycles. The van der Waals surface area contributed by atoms with E-state index in [-0.39, 0.29) is 10.8 Å². The van der Waals surface area contributed by atoms with Crippen molar-refractivity contribution in [1.82, 2.24) is 0 Å². The minimum Gasteiger partial charge on any atom is -0.506 e. The van der Waals surface area contributed by atoms with Crippen LogP contribution in [0.2, 0.25) is 0 Å². The second-order valence-electron chi connectivity index (χ2n) is 3.04. The van der Waals surface area contributed by atoms with Gasteiger partial charge in [0, 0.05) is 11.5 Å². The number of fused-ring (bicyclic) bond motifs is 1.